The van der Waals surface area contributed by atoms with E-state index >= 15 is 0 Å². The molecule has 1 unspecified atom stereocenters. The molecule has 0 aromatic carbocycles. The summed E-state index contributed by atoms with van der Waals surface area (Å²) in [5.74, 6) is 1.49. The zero-order valence-corrected chi connectivity index (χ0v) is 11.2. The van der Waals surface area contributed by atoms with E-state index < -0.39 is 0 Å². The molecule has 94 valence electrons. The minimum atomic E-state index is 0.732. The Morgan fingerprint density at radius 1 is 1.41 bits per heavy atom. The highest BCUT2D eigenvalue weighted by atomic mass is 14.9. The molecule has 0 amide bonds. The van der Waals surface area contributed by atoms with Gasteiger partial charge in [0.2, 0.25) is 0 Å². The summed E-state index contributed by atoms with van der Waals surface area (Å²) < 4.78 is 0. The molecule has 3 heteroatoms. The molecule has 3 nitrogen and oxygen atoms in total. The summed E-state index contributed by atoms with van der Waals surface area (Å²) in [6.45, 7) is 8.85. The molecule has 1 atom stereocenters. The molecule has 0 radical (unpaired) electrons. The fourth-order valence-electron chi connectivity index (χ4n) is 2.51. The van der Waals surface area contributed by atoms with Gasteiger partial charge < -0.3 is 5.32 Å². The zero-order chi connectivity index (χ0) is 12.3. The third kappa shape index (κ3) is 3.25. The van der Waals surface area contributed by atoms with Crippen molar-refractivity contribution in [1.29, 1.82) is 0 Å². The molecule has 2 rings (SSSR count). The molecule has 0 spiro atoms. The van der Waals surface area contributed by atoms with Gasteiger partial charge in [0.25, 0.3) is 0 Å². The van der Waals surface area contributed by atoms with E-state index in [1.54, 1.807) is 6.33 Å². The monoisotopic (exact) mass is 233 g/mol. The Kier molecular flexibility index (Phi) is 4.11. The van der Waals surface area contributed by atoms with Crippen LogP contribution in [0.15, 0.2) is 6.33 Å². The number of aryl methyl sites for hydroxylation is 2. The first-order chi connectivity index (χ1) is 8.16. The lowest BCUT2D eigenvalue weighted by molar-refractivity contribution is 0.404. The summed E-state index contributed by atoms with van der Waals surface area (Å²) in [7, 11) is 0. The lowest BCUT2D eigenvalue weighted by Crippen LogP contribution is -2.30. The van der Waals surface area contributed by atoms with Crippen LogP contribution in [0.3, 0.4) is 0 Å². The van der Waals surface area contributed by atoms with Gasteiger partial charge in [-0.3, -0.25) is 0 Å². The first kappa shape index (κ1) is 12.5. The van der Waals surface area contributed by atoms with Crippen molar-refractivity contribution in [3.05, 3.63) is 23.3 Å². The fraction of sp³-hybridized carbons (Fsp3) is 0.714. The van der Waals surface area contributed by atoms with Crippen molar-refractivity contribution in [2.75, 3.05) is 13.1 Å². The summed E-state index contributed by atoms with van der Waals surface area (Å²) in [5.41, 5.74) is 3.84. The molecular formula is C14H23N3. The van der Waals surface area contributed by atoms with Crippen LogP contribution < -0.4 is 5.32 Å². The number of fused-ring (bicyclic) bond motifs is 1. The highest BCUT2D eigenvalue weighted by Gasteiger charge is 2.21. The fourth-order valence-corrected chi connectivity index (χ4v) is 2.51. The van der Waals surface area contributed by atoms with Crippen molar-refractivity contribution in [3.63, 3.8) is 0 Å². The highest BCUT2D eigenvalue weighted by Crippen LogP contribution is 2.24. The van der Waals surface area contributed by atoms with Crippen LogP contribution in [0.2, 0.25) is 0 Å². The van der Waals surface area contributed by atoms with E-state index in [4.69, 9.17) is 0 Å². The van der Waals surface area contributed by atoms with Crippen molar-refractivity contribution in [1.82, 2.24) is 15.3 Å². The Morgan fingerprint density at radius 3 is 3.00 bits per heavy atom. The Morgan fingerprint density at radius 2 is 2.24 bits per heavy atom. The van der Waals surface area contributed by atoms with Gasteiger partial charge in [-0.1, -0.05) is 13.8 Å². The van der Waals surface area contributed by atoms with E-state index in [0.717, 1.165) is 37.8 Å². The maximum atomic E-state index is 4.39. The molecule has 17 heavy (non-hydrogen) atoms. The maximum absolute atomic E-state index is 4.39. The smallest absolute Gasteiger partial charge is 0.115 e. The molecule has 0 aliphatic heterocycles. The van der Waals surface area contributed by atoms with Crippen LogP contribution in [-0.4, -0.2) is 23.1 Å². The highest BCUT2D eigenvalue weighted by molar-refractivity contribution is 5.26. The van der Waals surface area contributed by atoms with E-state index in [-0.39, 0.29) is 0 Å². The first-order valence-electron chi connectivity index (χ1n) is 6.67. The SMILES string of the molecule is Cc1ncnc2c1CC(CNCC(C)C)CC2. The van der Waals surface area contributed by atoms with Crippen molar-refractivity contribution < 1.29 is 0 Å². The quantitative estimate of drug-likeness (QED) is 0.866. The van der Waals surface area contributed by atoms with Gasteiger partial charge in [-0.05, 0) is 56.7 Å². The molecule has 0 bridgehead atoms. The number of nitrogens with one attached hydrogen (secondary N) is 1. The van der Waals surface area contributed by atoms with Crippen molar-refractivity contribution in [3.8, 4) is 0 Å². The number of nitrogens with zero attached hydrogens (tertiary/aromatic N) is 2. The molecule has 1 aliphatic carbocycles. The molecular weight excluding hydrogens is 210 g/mol. The maximum Gasteiger partial charge on any atom is 0.115 e. The summed E-state index contributed by atoms with van der Waals surface area (Å²) in [4.78, 5) is 8.70. The number of aromatic nitrogens is 2. The molecule has 0 saturated heterocycles. The van der Waals surface area contributed by atoms with Gasteiger partial charge >= 0.3 is 0 Å². The molecule has 0 fully saturated rings. The van der Waals surface area contributed by atoms with Crippen LogP contribution in [-0.2, 0) is 12.8 Å². The average molecular weight is 233 g/mol. The van der Waals surface area contributed by atoms with Crippen LogP contribution in [0.25, 0.3) is 0 Å². The molecule has 1 aliphatic rings. The Labute approximate surface area is 104 Å². The van der Waals surface area contributed by atoms with E-state index in [1.807, 2.05) is 0 Å². The van der Waals surface area contributed by atoms with Gasteiger partial charge in [-0.15, -0.1) is 0 Å². The zero-order valence-electron chi connectivity index (χ0n) is 11.2. The van der Waals surface area contributed by atoms with E-state index in [0.29, 0.717) is 0 Å². The Bertz CT molecular complexity index is 374. The molecule has 1 aromatic rings. The number of rotatable bonds is 4. The first-order valence-corrected chi connectivity index (χ1v) is 6.67. The van der Waals surface area contributed by atoms with Crippen LogP contribution in [0, 0.1) is 18.8 Å². The second-order valence-corrected chi connectivity index (χ2v) is 5.55. The van der Waals surface area contributed by atoms with Gasteiger partial charge in [0.1, 0.15) is 6.33 Å². The van der Waals surface area contributed by atoms with E-state index in [9.17, 15) is 0 Å². The second-order valence-electron chi connectivity index (χ2n) is 5.55. The largest absolute Gasteiger partial charge is 0.316 e. The van der Waals surface area contributed by atoms with Gasteiger partial charge in [0, 0.05) is 11.4 Å². The van der Waals surface area contributed by atoms with Crippen molar-refractivity contribution in [2.45, 2.75) is 40.0 Å². The van der Waals surface area contributed by atoms with Crippen LogP contribution in [0.4, 0.5) is 0 Å². The van der Waals surface area contributed by atoms with E-state index in [1.165, 1.54) is 23.4 Å². The van der Waals surface area contributed by atoms with Gasteiger partial charge in [0.05, 0.1) is 0 Å². The van der Waals surface area contributed by atoms with Gasteiger partial charge in [0.15, 0.2) is 0 Å². The number of hydrogen-bond acceptors (Lipinski definition) is 3. The Hall–Kier alpha value is -0.960. The van der Waals surface area contributed by atoms with Gasteiger partial charge in [-0.25, -0.2) is 9.97 Å². The summed E-state index contributed by atoms with van der Waals surface area (Å²) in [5, 5.41) is 3.56. The molecule has 1 aromatic heterocycles. The lowest BCUT2D eigenvalue weighted by atomic mass is 9.86. The van der Waals surface area contributed by atoms with Gasteiger partial charge in [-0.2, -0.15) is 0 Å². The lowest BCUT2D eigenvalue weighted by Gasteiger charge is -2.25. The second kappa shape index (κ2) is 5.58. The molecule has 1 heterocycles. The molecule has 1 N–H and O–H groups in total. The molecule has 0 saturated carbocycles. The predicted octanol–water partition coefficient (Wildman–Crippen LogP) is 2.14. The van der Waals surface area contributed by atoms with Crippen LogP contribution >= 0.6 is 0 Å². The average Bonchev–Trinajstić information content (AvgIpc) is 2.30. The van der Waals surface area contributed by atoms with E-state index in [2.05, 4.69) is 36.1 Å². The minimum absolute atomic E-state index is 0.732. The van der Waals surface area contributed by atoms with Crippen LogP contribution in [0.5, 0.6) is 0 Å². The third-order valence-electron chi connectivity index (χ3n) is 3.52. The summed E-state index contributed by atoms with van der Waals surface area (Å²) >= 11 is 0. The topological polar surface area (TPSA) is 37.8 Å². The van der Waals surface area contributed by atoms with Crippen molar-refractivity contribution >= 4 is 0 Å². The third-order valence-corrected chi connectivity index (χ3v) is 3.52. The number of hydrogen-bond donors (Lipinski definition) is 1. The Balaban J connectivity index is 1.92. The summed E-state index contributed by atoms with van der Waals surface area (Å²) in [6, 6.07) is 0. The standard InChI is InChI=1S/C14H23N3/c1-10(2)7-15-8-12-4-5-14-13(6-12)11(3)16-9-17-14/h9-10,12,15H,4-8H2,1-3H3. The van der Waals surface area contributed by atoms with Crippen LogP contribution in [0.1, 0.15) is 37.2 Å². The minimum Gasteiger partial charge on any atom is -0.316 e. The normalized spacial score (nSPS) is 19.4. The summed E-state index contributed by atoms with van der Waals surface area (Å²) in [6.07, 6.45) is 5.22. The van der Waals surface area contributed by atoms with Crippen molar-refractivity contribution in [2.24, 2.45) is 11.8 Å². The predicted molar refractivity (Wildman–Crippen MR) is 70.0 cm³/mol.